The second-order valence-corrected chi connectivity index (χ2v) is 5.98. The first kappa shape index (κ1) is 15.4. The van der Waals surface area contributed by atoms with E-state index in [0.717, 1.165) is 29.7 Å². The summed E-state index contributed by atoms with van der Waals surface area (Å²) >= 11 is 0. The second-order valence-electron chi connectivity index (χ2n) is 5.98. The Labute approximate surface area is 136 Å². The Hall–Kier alpha value is -2.49. The summed E-state index contributed by atoms with van der Waals surface area (Å²) in [6.07, 6.45) is 0.936. The van der Waals surface area contributed by atoms with Crippen molar-refractivity contribution in [2.45, 2.75) is 38.5 Å². The first-order chi connectivity index (χ1) is 11.1. The van der Waals surface area contributed by atoms with Crippen molar-refractivity contribution >= 4 is 6.09 Å². The molecule has 1 unspecified atom stereocenters. The van der Waals surface area contributed by atoms with Crippen molar-refractivity contribution in [3.63, 3.8) is 0 Å². The molecule has 1 heterocycles. The predicted octanol–water partition coefficient (Wildman–Crippen LogP) is 4.47. The fourth-order valence-electron chi connectivity index (χ4n) is 3.16. The van der Waals surface area contributed by atoms with Crippen LogP contribution in [0.4, 0.5) is 4.79 Å². The number of amides is 1. The van der Waals surface area contributed by atoms with E-state index in [0.29, 0.717) is 6.61 Å². The molecule has 1 aliphatic heterocycles. The van der Waals surface area contributed by atoms with Crippen LogP contribution in [0.15, 0.2) is 54.6 Å². The zero-order chi connectivity index (χ0) is 16.2. The normalized spacial score (nSPS) is 20.5. The van der Waals surface area contributed by atoms with Gasteiger partial charge in [0.15, 0.2) is 0 Å². The third-order valence-corrected chi connectivity index (χ3v) is 4.40. The summed E-state index contributed by atoms with van der Waals surface area (Å²) < 4.78 is 5.78. The van der Waals surface area contributed by atoms with E-state index in [-0.39, 0.29) is 12.1 Å². The third-order valence-electron chi connectivity index (χ3n) is 4.40. The molecule has 4 nitrogen and oxygen atoms in total. The molecule has 4 heteroatoms. The highest BCUT2D eigenvalue weighted by Crippen LogP contribution is 2.36. The van der Waals surface area contributed by atoms with Gasteiger partial charge in [-0.15, -0.1) is 0 Å². The minimum atomic E-state index is -0.843. The van der Waals surface area contributed by atoms with E-state index >= 15 is 0 Å². The van der Waals surface area contributed by atoms with E-state index in [4.69, 9.17) is 4.74 Å². The van der Waals surface area contributed by atoms with E-state index in [9.17, 15) is 9.90 Å². The van der Waals surface area contributed by atoms with Crippen molar-refractivity contribution in [2.75, 3.05) is 0 Å². The van der Waals surface area contributed by atoms with Crippen molar-refractivity contribution in [1.29, 1.82) is 0 Å². The van der Waals surface area contributed by atoms with Gasteiger partial charge in [0, 0.05) is 6.04 Å². The first-order valence-electron chi connectivity index (χ1n) is 7.93. The minimum Gasteiger partial charge on any atom is -0.489 e. The van der Waals surface area contributed by atoms with Gasteiger partial charge in [0.1, 0.15) is 12.4 Å². The Morgan fingerprint density at radius 2 is 1.83 bits per heavy atom. The molecule has 23 heavy (non-hydrogen) atoms. The largest absolute Gasteiger partial charge is 0.489 e. The highest BCUT2D eigenvalue weighted by Gasteiger charge is 2.35. The quantitative estimate of drug-likeness (QED) is 0.906. The summed E-state index contributed by atoms with van der Waals surface area (Å²) in [6, 6.07) is 17.8. The van der Waals surface area contributed by atoms with Gasteiger partial charge in [-0.3, -0.25) is 4.90 Å². The number of nitrogens with zero attached hydrogens (tertiary/aromatic N) is 1. The van der Waals surface area contributed by atoms with Gasteiger partial charge in [0.2, 0.25) is 0 Å². The van der Waals surface area contributed by atoms with Gasteiger partial charge in [-0.25, -0.2) is 4.79 Å². The van der Waals surface area contributed by atoms with Gasteiger partial charge in [-0.05, 0) is 43.0 Å². The van der Waals surface area contributed by atoms with Crippen LogP contribution in [0, 0.1) is 0 Å². The zero-order valence-corrected chi connectivity index (χ0v) is 13.2. The Kier molecular flexibility index (Phi) is 4.51. The third kappa shape index (κ3) is 3.47. The van der Waals surface area contributed by atoms with Crippen LogP contribution in [0.1, 0.15) is 36.9 Å². The molecule has 2 aromatic rings. The average Bonchev–Trinajstić information content (AvgIpc) is 2.96. The van der Waals surface area contributed by atoms with Crippen LogP contribution in [0.25, 0.3) is 0 Å². The van der Waals surface area contributed by atoms with Crippen LogP contribution in [0.5, 0.6) is 5.75 Å². The summed E-state index contributed by atoms with van der Waals surface area (Å²) in [5.74, 6) is 0.797. The van der Waals surface area contributed by atoms with Crippen molar-refractivity contribution in [2.24, 2.45) is 0 Å². The van der Waals surface area contributed by atoms with Crippen molar-refractivity contribution in [3.8, 4) is 5.75 Å². The van der Waals surface area contributed by atoms with Crippen molar-refractivity contribution in [1.82, 2.24) is 4.90 Å². The molecule has 1 N–H and O–H groups in total. The van der Waals surface area contributed by atoms with Gasteiger partial charge in [0.05, 0.1) is 6.04 Å². The maximum atomic E-state index is 11.4. The fraction of sp³-hybridized carbons (Fsp3) is 0.316. The number of ether oxygens (including phenoxy) is 1. The summed E-state index contributed by atoms with van der Waals surface area (Å²) in [5, 5.41) is 9.38. The van der Waals surface area contributed by atoms with Crippen molar-refractivity contribution in [3.05, 3.63) is 65.7 Å². The van der Waals surface area contributed by atoms with Crippen molar-refractivity contribution < 1.29 is 14.6 Å². The Balaban J connectivity index is 1.66. The van der Waals surface area contributed by atoms with Crippen LogP contribution in [-0.4, -0.2) is 22.1 Å². The summed E-state index contributed by atoms with van der Waals surface area (Å²) in [4.78, 5) is 13.0. The highest BCUT2D eigenvalue weighted by molar-refractivity contribution is 5.66. The Morgan fingerprint density at radius 1 is 1.13 bits per heavy atom. The monoisotopic (exact) mass is 311 g/mol. The lowest BCUT2D eigenvalue weighted by atomic mass is 10.0. The molecule has 1 fully saturated rings. The molecule has 2 atom stereocenters. The van der Waals surface area contributed by atoms with Crippen LogP contribution in [0.3, 0.4) is 0 Å². The molecule has 0 spiro atoms. The van der Waals surface area contributed by atoms with Gasteiger partial charge >= 0.3 is 6.09 Å². The molecule has 0 bridgehead atoms. The maximum Gasteiger partial charge on any atom is 0.408 e. The van der Waals surface area contributed by atoms with Crippen LogP contribution >= 0.6 is 0 Å². The van der Waals surface area contributed by atoms with E-state index in [1.165, 1.54) is 0 Å². The number of carbonyl (C=O) groups is 1. The standard InChI is InChI=1S/C19H21NO3/c1-14-7-12-18(20(14)19(21)22)16-8-10-17(11-9-16)23-13-15-5-3-2-4-6-15/h2-6,8-11,14,18H,7,12-13H2,1H3,(H,21,22)/t14?,18-/m0/s1. The molecule has 0 aliphatic carbocycles. The van der Waals surface area contributed by atoms with E-state index in [2.05, 4.69) is 0 Å². The Bertz CT molecular complexity index is 654. The first-order valence-corrected chi connectivity index (χ1v) is 7.93. The predicted molar refractivity (Wildman–Crippen MR) is 88.5 cm³/mol. The fourth-order valence-corrected chi connectivity index (χ4v) is 3.16. The van der Waals surface area contributed by atoms with Gasteiger partial charge in [-0.2, -0.15) is 0 Å². The summed E-state index contributed by atoms with van der Waals surface area (Å²) in [7, 11) is 0. The number of likely N-dealkylation sites (tertiary alicyclic amines) is 1. The lowest BCUT2D eigenvalue weighted by Gasteiger charge is -2.25. The van der Waals surface area contributed by atoms with E-state index in [1.54, 1.807) is 4.90 Å². The molecule has 1 amide bonds. The number of hydrogen-bond donors (Lipinski definition) is 1. The van der Waals surface area contributed by atoms with E-state index in [1.807, 2.05) is 61.5 Å². The van der Waals surface area contributed by atoms with Crippen LogP contribution in [0.2, 0.25) is 0 Å². The van der Waals surface area contributed by atoms with Gasteiger partial charge < -0.3 is 9.84 Å². The average molecular weight is 311 g/mol. The van der Waals surface area contributed by atoms with Crippen LogP contribution in [-0.2, 0) is 6.61 Å². The molecule has 3 rings (SSSR count). The second kappa shape index (κ2) is 6.73. The highest BCUT2D eigenvalue weighted by atomic mass is 16.5. The zero-order valence-electron chi connectivity index (χ0n) is 13.2. The molecule has 1 saturated heterocycles. The van der Waals surface area contributed by atoms with Gasteiger partial charge in [-0.1, -0.05) is 42.5 Å². The Morgan fingerprint density at radius 3 is 2.48 bits per heavy atom. The molecule has 120 valence electrons. The van der Waals surface area contributed by atoms with E-state index < -0.39 is 6.09 Å². The molecular weight excluding hydrogens is 290 g/mol. The molecule has 0 radical (unpaired) electrons. The lowest BCUT2D eigenvalue weighted by molar-refractivity contribution is 0.125. The van der Waals surface area contributed by atoms with Gasteiger partial charge in [0.25, 0.3) is 0 Å². The smallest absolute Gasteiger partial charge is 0.408 e. The lowest BCUT2D eigenvalue weighted by Crippen LogP contribution is -2.34. The number of rotatable bonds is 4. The topological polar surface area (TPSA) is 49.8 Å². The summed E-state index contributed by atoms with van der Waals surface area (Å²) in [5.41, 5.74) is 2.15. The SMILES string of the molecule is CC1CC[C@@H](c2ccc(OCc3ccccc3)cc2)N1C(=O)O. The number of benzene rings is 2. The summed E-state index contributed by atoms with van der Waals surface area (Å²) in [6.45, 7) is 2.49. The number of hydrogen-bond acceptors (Lipinski definition) is 2. The minimum absolute atomic E-state index is 0.0503. The number of carboxylic acid groups (broad SMARTS) is 1. The maximum absolute atomic E-state index is 11.4. The molecule has 0 aromatic heterocycles. The molecular formula is C19H21NO3. The molecule has 2 aromatic carbocycles. The van der Waals surface area contributed by atoms with Crippen LogP contribution < -0.4 is 4.74 Å². The molecule has 1 aliphatic rings. The molecule has 0 saturated carbocycles.